The molecule has 0 spiro atoms. The van der Waals surface area contributed by atoms with Crippen LogP contribution in [0.2, 0.25) is 0 Å². The van der Waals surface area contributed by atoms with E-state index in [0.717, 1.165) is 4.70 Å². The van der Waals surface area contributed by atoms with Crippen molar-refractivity contribution in [2.24, 2.45) is 4.99 Å². The van der Waals surface area contributed by atoms with Crippen LogP contribution in [0, 0.1) is 5.82 Å². The Morgan fingerprint density at radius 1 is 1.10 bits per heavy atom. The number of nitrogens with zero attached hydrogens (tertiary/aromatic N) is 2. The van der Waals surface area contributed by atoms with E-state index in [4.69, 9.17) is 14.2 Å². The van der Waals surface area contributed by atoms with Crippen molar-refractivity contribution >= 4 is 33.4 Å². The van der Waals surface area contributed by atoms with Crippen molar-refractivity contribution in [3.8, 4) is 11.5 Å². The van der Waals surface area contributed by atoms with E-state index in [1.165, 1.54) is 49.8 Å². The number of carbonyl (C=O) groups is 2. The second kappa shape index (κ2) is 9.53. The highest BCUT2D eigenvalue weighted by Crippen LogP contribution is 2.33. The highest BCUT2D eigenvalue weighted by atomic mass is 32.1. The van der Waals surface area contributed by atoms with Gasteiger partial charge < -0.3 is 18.8 Å². The smallest absolute Gasteiger partial charge is 0.326 e. The number of rotatable bonds is 7. The Kier molecular flexibility index (Phi) is 6.83. The fourth-order valence-corrected chi connectivity index (χ4v) is 3.95. The van der Waals surface area contributed by atoms with Gasteiger partial charge in [-0.25, -0.2) is 4.39 Å². The molecule has 1 aromatic heterocycles. The van der Waals surface area contributed by atoms with E-state index in [0.29, 0.717) is 27.4 Å². The summed E-state index contributed by atoms with van der Waals surface area (Å²) in [5.41, 5.74) is 1.31. The first kappa shape index (κ1) is 21.5. The molecule has 2 aromatic carbocycles. The summed E-state index contributed by atoms with van der Waals surface area (Å²) >= 11 is 1.25. The summed E-state index contributed by atoms with van der Waals surface area (Å²) in [4.78, 5) is 29.2. The second-order valence-electron chi connectivity index (χ2n) is 6.26. The van der Waals surface area contributed by atoms with Crippen LogP contribution in [0.4, 0.5) is 4.39 Å². The van der Waals surface area contributed by atoms with Crippen molar-refractivity contribution in [1.29, 1.82) is 0 Å². The molecule has 0 fully saturated rings. The Morgan fingerprint density at radius 2 is 1.77 bits per heavy atom. The lowest BCUT2D eigenvalue weighted by atomic mass is 10.1. The van der Waals surface area contributed by atoms with E-state index in [1.54, 1.807) is 23.6 Å². The molecule has 3 rings (SSSR count). The molecule has 0 unspecified atom stereocenters. The van der Waals surface area contributed by atoms with Gasteiger partial charge in [0.15, 0.2) is 16.3 Å². The average molecular weight is 432 g/mol. The van der Waals surface area contributed by atoms with Gasteiger partial charge in [0.05, 0.1) is 37.5 Å². The molecule has 0 radical (unpaired) electrons. The Morgan fingerprint density at radius 3 is 2.40 bits per heavy atom. The number of methoxy groups -OCH3 is 2. The van der Waals surface area contributed by atoms with Gasteiger partial charge in [-0.05, 0) is 24.6 Å². The summed E-state index contributed by atoms with van der Waals surface area (Å²) in [6.07, 6.45) is 0.0145. The van der Waals surface area contributed by atoms with Crippen LogP contribution in [0.5, 0.6) is 11.5 Å². The average Bonchev–Trinajstić information content (AvgIpc) is 3.04. The first-order valence-corrected chi connectivity index (χ1v) is 9.99. The molecule has 0 saturated carbocycles. The van der Waals surface area contributed by atoms with Gasteiger partial charge in [-0.2, -0.15) is 4.99 Å². The number of thiazole rings is 1. The molecule has 1 amide bonds. The molecule has 7 nitrogen and oxygen atoms in total. The third-order valence-electron chi connectivity index (χ3n) is 4.27. The maximum atomic E-state index is 13.1. The lowest BCUT2D eigenvalue weighted by molar-refractivity contribution is -0.143. The second-order valence-corrected chi connectivity index (χ2v) is 7.27. The molecular weight excluding hydrogens is 411 g/mol. The maximum absolute atomic E-state index is 13.1. The van der Waals surface area contributed by atoms with Crippen LogP contribution >= 0.6 is 11.3 Å². The number of hydrogen-bond donors (Lipinski definition) is 0. The predicted octanol–water partition coefficient (Wildman–Crippen LogP) is 3.09. The number of amides is 1. The fourth-order valence-electron chi connectivity index (χ4n) is 2.89. The first-order chi connectivity index (χ1) is 14.4. The van der Waals surface area contributed by atoms with Gasteiger partial charge in [0.25, 0.3) is 5.91 Å². The van der Waals surface area contributed by atoms with Gasteiger partial charge in [-0.3, -0.25) is 9.59 Å². The Balaban J connectivity index is 2.06. The van der Waals surface area contributed by atoms with Crippen molar-refractivity contribution in [2.45, 2.75) is 19.9 Å². The van der Waals surface area contributed by atoms with Gasteiger partial charge in [-0.15, -0.1) is 0 Å². The highest BCUT2D eigenvalue weighted by molar-refractivity contribution is 7.16. The Bertz CT molecular complexity index is 1130. The summed E-state index contributed by atoms with van der Waals surface area (Å²) in [5, 5.41) is 0. The number of ether oxygens (including phenoxy) is 3. The molecule has 0 bridgehead atoms. The quantitative estimate of drug-likeness (QED) is 0.536. The minimum atomic E-state index is -0.445. The van der Waals surface area contributed by atoms with Crippen molar-refractivity contribution in [1.82, 2.24) is 4.57 Å². The minimum Gasteiger partial charge on any atom is -0.493 e. The molecule has 0 N–H and O–H groups in total. The van der Waals surface area contributed by atoms with Crippen molar-refractivity contribution in [3.05, 3.63) is 52.6 Å². The van der Waals surface area contributed by atoms with Crippen LogP contribution < -0.4 is 14.3 Å². The van der Waals surface area contributed by atoms with Crippen LogP contribution in [-0.2, 0) is 27.3 Å². The van der Waals surface area contributed by atoms with E-state index in [1.807, 2.05) is 0 Å². The number of esters is 1. The number of halogens is 1. The minimum absolute atomic E-state index is 0.0145. The fraction of sp³-hybridized carbons (Fsp3) is 0.286. The van der Waals surface area contributed by atoms with Crippen LogP contribution in [0.25, 0.3) is 10.2 Å². The monoisotopic (exact) mass is 432 g/mol. The summed E-state index contributed by atoms with van der Waals surface area (Å²) in [6.45, 7) is 1.86. The Labute approximate surface area is 176 Å². The summed E-state index contributed by atoms with van der Waals surface area (Å²) < 4.78 is 31.2. The van der Waals surface area contributed by atoms with E-state index >= 15 is 0 Å². The van der Waals surface area contributed by atoms with Crippen molar-refractivity contribution in [2.75, 3.05) is 20.8 Å². The van der Waals surface area contributed by atoms with Crippen LogP contribution in [-0.4, -0.2) is 37.3 Å². The van der Waals surface area contributed by atoms with Gasteiger partial charge in [-0.1, -0.05) is 23.5 Å². The standard InChI is InChI=1S/C21H21FN2O5S/c1-4-29-20(26)12-24-15-10-16(27-2)17(28-3)11-18(15)30-21(24)23-19(25)9-13-5-7-14(22)8-6-13/h5-8,10-11H,4,9,12H2,1-3H3. The van der Waals surface area contributed by atoms with E-state index < -0.39 is 11.9 Å². The Hall–Kier alpha value is -3.20. The van der Waals surface area contributed by atoms with Gasteiger partial charge >= 0.3 is 5.97 Å². The largest absolute Gasteiger partial charge is 0.493 e. The molecule has 30 heavy (non-hydrogen) atoms. The molecule has 0 atom stereocenters. The van der Waals surface area contributed by atoms with E-state index in [-0.39, 0.29) is 25.4 Å². The molecular formula is C21H21FN2O5S. The SMILES string of the molecule is CCOC(=O)Cn1c(=NC(=O)Cc2ccc(F)cc2)sc2cc(OC)c(OC)cc21. The third kappa shape index (κ3) is 4.85. The molecule has 3 aromatic rings. The first-order valence-electron chi connectivity index (χ1n) is 9.18. The summed E-state index contributed by atoms with van der Waals surface area (Å²) in [6, 6.07) is 9.16. The highest BCUT2D eigenvalue weighted by Gasteiger charge is 2.16. The molecule has 1 heterocycles. The summed E-state index contributed by atoms with van der Waals surface area (Å²) in [5.74, 6) is -0.213. The molecule has 0 saturated heterocycles. The van der Waals surface area contributed by atoms with Gasteiger partial charge in [0.2, 0.25) is 0 Å². The molecule has 9 heteroatoms. The molecule has 0 aliphatic rings. The molecule has 0 aliphatic heterocycles. The van der Waals surface area contributed by atoms with Crippen molar-refractivity contribution in [3.63, 3.8) is 0 Å². The van der Waals surface area contributed by atoms with Gasteiger partial charge in [0.1, 0.15) is 12.4 Å². The normalized spacial score (nSPS) is 11.5. The van der Waals surface area contributed by atoms with E-state index in [9.17, 15) is 14.0 Å². The van der Waals surface area contributed by atoms with Crippen molar-refractivity contribution < 1.29 is 28.2 Å². The zero-order chi connectivity index (χ0) is 21.7. The van der Waals surface area contributed by atoms with Crippen LogP contribution in [0.3, 0.4) is 0 Å². The lowest BCUT2D eigenvalue weighted by Gasteiger charge is -2.09. The number of fused-ring (bicyclic) bond motifs is 1. The van der Waals surface area contributed by atoms with Crippen LogP contribution in [0.1, 0.15) is 12.5 Å². The predicted molar refractivity (Wildman–Crippen MR) is 110 cm³/mol. The lowest BCUT2D eigenvalue weighted by Crippen LogP contribution is -2.23. The third-order valence-corrected chi connectivity index (χ3v) is 5.31. The molecule has 0 aliphatic carbocycles. The maximum Gasteiger partial charge on any atom is 0.326 e. The zero-order valence-corrected chi connectivity index (χ0v) is 17.6. The summed E-state index contributed by atoms with van der Waals surface area (Å²) in [7, 11) is 3.05. The number of carbonyl (C=O) groups excluding carboxylic acids is 2. The van der Waals surface area contributed by atoms with E-state index in [2.05, 4.69) is 4.99 Å². The van der Waals surface area contributed by atoms with Crippen LogP contribution in [0.15, 0.2) is 41.4 Å². The topological polar surface area (TPSA) is 79.1 Å². The molecule has 158 valence electrons. The zero-order valence-electron chi connectivity index (χ0n) is 16.8. The number of hydrogen-bond acceptors (Lipinski definition) is 6. The number of benzene rings is 2. The van der Waals surface area contributed by atoms with Gasteiger partial charge in [0, 0.05) is 12.1 Å². The number of aromatic nitrogens is 1.